The van der Waals surface area contributed by atoms with E-state index in [2.05, 4.69) is 48.5 Å². The zero-order valence-electron chi connectivity index (χ0n) is 30.7. The van der Waals surface area contributed by atoms with Gasteiger partial charge in [0.1, 0.15) is 11.6 Å². The number of nitrogens with zero attached hydrogens (tertiary/aromatic N) is 5. The van der Waals surface area contributed by atoms with E-state index >= 15 is 0 Å². The molecule has 6 heteroatoms. The van der Waals surface area contributed by atoms with Gasteiger partial charge < -0.3 is 14.5 Å². The summed E-state index contributed by atoms with van der Waals surface area (Å²) in [7, 11) is 0. The number of benzene rings is 3. The van der Waals surface area contributed by atoms with E-state index in [0.29, 0.717) is 22.8 Å². The monoisotopic (exact) mass is 560 g/mol. The zero-order valence-corrected chi connectivity index (χ0v) is 23.7. The number of ether oxygens (including phenoxy) is 1. The maximum atomic E-state index is 8.85. The first-order valence-corrected chi connectivity index (χ1v) is 13.9. The van der Waals surface area contributed by atoms with Crippen LogP contribution in [-0.2, 0) is 5.41 Å². The maximum absolute atomic E-state index is 8.85. The minimum Gasteiger partial charge on any atom is -0.439 e. The first kappa shape index (κ1) is 19.3. The molecule has 210 valence electrons. The van der Waals surface area contributed by atoms with Gasteiger partial charge in [-0.25, -0.2) is 9.97 Å². The lowest BCUT2D eigenvalue weighted by molar-refractivity contribution is 0.463. The summed E-state index contributed by atoms with van der Waals surface area (Å²) < 4.78 is 65.7. The minimum absolute atomic E-state index is 0.0596. The lowest BCUT2D eigenvalue weighted by Crippen LogP contribution is -2.33. The van der Waals surface area contributed by atoms with Gasteiger partial charge in [0.25, 0.3) is 0 Å². The quantitative estimate of drug-likeness (QED) is 0.211. The number of anilines is 3. The Kier molecular flexibility index (Phi) is 4.56. The molecule has 0 saturated heterocycles. The number of pyridine rings is 2. The molecule has 3 aromatic heterocycles. The normalized spacial score (nSPS) is 16.7. The Morgan fingerprint density at radius 1 is 0.810 bits per heavy atom. The summed E-state index contributed by atoms with van der Waals surface area (Å²) in [5, 5.41) is 2.13. The van der Waals surface area contributed by atoms with Gasteiger partial charge in [0.05, 0.1) is 30.4 Å². The van der Waals surface area contributed by atoms with Crippen molar-refractivity contribution in [1.82, 2.24) is 14.5 Å². The minimum atomic E-state index is -3.13. The summed E-state index contributed by atoms with van der Waals surface area (Å²) in [6.07, 6.45) is 3.42. The molecule has 4 heterocycles. The van der Waals surface area contributed by atoms with Gasteiger partial charge in [-0.2, -0.15) is 0 Å². The molecule has 0 aliphatic carbocycles. The lowest BCUT2D eigenvalue weighted by atomic mass is 9.88. The summed E-state index contributed by atoms with van der Waals surface area (Å²) in [6, 6.07) is 25.7. The molecule has 0 unspecified atom stereocenters. The Morgan fingerprint density at radius 3 is 2.40 bits per heavy atom. The van der Waals surface area contributed by atoms with Crippen LogP contribution in [0.15, 0.2) is 103 Å². The molecule has 0 amide bonds. The third-order valence-corrected chi connectivity index (χ3v) is 7.75. The summed E-state index contributed by atoms with van der Waals surface area (Å²) in [6.45, 7) is 0.0987. The fourth-order valence-corrected chi connectivity index (χ4v) is 5.64. The maximum Gasteiger partial charge on any atom is 0.221 e. The van der Waals surface area contributed by atoms with Crippen LogP contribution >= 0.6 is 0 Å². The zero-order chi connectivity index (χ0) is 34.9. The van der Waals surface area contributed by atoms with E-state index in [9.17, 15) is 0 Å². The number of hydrogen-bond donors (Lipinski definition) is 0. The molecule has 0 bridgehead atoms. The molecule has 0 spiro atoms. The Labute approximate surface area is 256 Å². The lowest BCUT2D eigenvalue weighted by Gasteiger charge is -2.25. The molecule has 7 rings (SSSR count). The van der Waals surface area contributed by atoms with Gasteiger partial charge in [-0.3, -0.25) is 4.57 Å². The third kappa shape index (κ3) is 4.44. The van der Waals surface area contributed by atoms with Crippen molar-refractivity contribution in [2.75, 3.05) is 16.5 Å². The number of para-hydroxylation sites is 3. The standard InChI is InChI=1S/C36H35N5O/c1-24(2)39-23-40(32-13-9-8-12-31(32)39)26-17-19-38-35(21-26)42-27-14-15-29-28-10-6-7-11-30(28)41(33(29)22-27)34-20-25(16-18-37-34)36(3,4)5/h6-22,24H,23H2,1-5H3/i1D3,2D3,24D. The van der Waals surface area contributed by atoms with Crippen molar-refractivity contribution in [3.8, 4) is 17.4 Å². The SMILES string of the molecule is [2H]C([2H])([2H])C([2H])(N1CN(c2ccnc(Oc3ccc4c5ccccc5n(-c5cc(C(C)(C)C)ccn5)c4c3)c2)c2ccccc21)C([2H])([2H])[2H]. The Bertz CT molecular complexity index is 2190. The average Bonchev–Trinajstić information content (AvgIpc) is 3.59. The number of fused-ring (bicyclic) bond motifs is 4. The third-order valence-electron chi connectivity index (χ3n) is 7.75. The van der Waals surface area contributed by atoms with Crippen molar-refractivity contribution >= 4 is 38.9 Å². The Hall–Kier alpha value is -4.84. The van der Waals surface area contributed by atoms with Crippen LogP contribution in [0.2, 0.25) is 0 Å². The summed E-state index contributed by atoms with van der Waals surface area (Å²) in [4.78, 5) is 12.1. The van der Waals surface area contributed by atoms with Gasteiger partial charge >= 0.3 is 0 Å². The predicted octanol–water partition coefficient (Wildman–Crippen LogP) is 8.99. The largest absolute Gasteiger partial charge is 0.439 e. The van der Waals surface area contributed by atoms with Crippen LogP contribution in [0.3, 0.4) is 0 Å². The van der Waals surface area contributed by atoms with Crippen LogP contribution in [0.5, 0.6) is 11.6 Å². The van der Waals surface area contributed by atoms with Crippen molar-refractivity contribution in [3.63, 3.8) is 0 Å². The second-order valence-corrected chi connectivity index (χ2v) is 11.5. The van der Waals surface area contributed by atoms with Crippen LogP contribution < -0.4 is 14.5 Å². The second kappa shape index (κ2) is 9.91. The molecule has 6 nitrogen and oxygen atoms in total. The highest BCUT2D eigenvalue weighted by Gasteiger charge is 2.28. The molecule has 0 N–H and O–H groups in total. The van der Waals surface area contributed by atoms with E-state index in [4.69, 9.17) is 19.3 Å². The van der Waals surface area contributed by atoms with Crippen molar-refractivity contribution in [2.45, 2.75) is 45.9 Å². The van der Waals surface area contributed by atoms with Gasteiger partial charge in [0, 0.05) is 55.2 Å². The van der Waals surface area contributed by atoms with Crippen LogP contribution in [0.1, 0.15) is 49.6 Å². The number of rotatable bonds is 5. The topological polar surface area (TPSA) is 46.4 Å². The molecule has 0 fully saturated rings. The van der Waals surface area contributed by atoms with Crippen molar-refractivity contribution in [3.05, 3.63) is 109 Å². The van der Waals surface area contributed by atoms with Crippen molar-refractivity contribution in [2.24, 2.45) is 0 Å². The highest BCUT2D eigenvalue weighted by molar-refractivity contribution is 6.09. The molecule has 1 aliphatic heterocycles. The average molecular weight is 561 g/mol. The summed E-state index contributed by atoms with van der Waals surface area (Å²) in [5.74, 6) is 1.63. The number of hydrogen-bond acceptors (Lipinski definition) is 5. The molecular formula is C36H35N5O. The fourth-order valence-electron chi connectivity index (χ4n) is 5.64. The van der Waals surface area contributed by atoms with Crippen LogP contribution in [-0.4, -0.2) is 27.2 Å². The molecule has 1 aliphatic rings. The van der Waals surface area contributed by atoms with E-state index in [1.165, 1.54) is 5.56 Å². The van der Waals surface area contributed by atoms with Crippen LogP contribution in [0.25, 0.3) is 27.6 Å². The van der Waals surface area contributed by atoms with Gasteiger partial charge in [0.2, 0.25) is 5.88 Å². The molecule has 6 aromatic rings. The predicted molar refractivity (Wildman–Crippen MR) is 173 cm³/mol. The first-order valence-electron chi connectivity index (χ1n) is 17.4. The van der Waals surface area contributed by atoms with E-state index in [-0.39, 0.29) is 18.0 Å². The van der Waals surface area contributed by atoms with E-state index in [1.807, 2.05) is 42.6 Å². The van der Waals surface area contributed by atoms with Crippen LogP contribution in [0, 0.1) is 0 Å². The van der Waals surface area contributed by atoms with Gasteiger partial charge in [-0.1, -0.05) is 51.1 Å². The van der Waals surface area contributed by atoms with E-state index in [0.717, 1.165) is 32.5 Å². The highest BCUT2D eigenvalue weighted by Crippen LogP contribution is 2.42. The van der Waals surface area contributed by atoms with Crippen molar-refractivity contribution < 1.29 is 14.3 Å². The van der Waals surface area contributed by atoms with Gasteiger partial charge in [-0.15, -0.1) is 0 Å². The molecule has 0 saturated carbocycles. The fraction of sp³-hybridized carbons (Fsp3) is 0.222. The van der Waals surface area contributed by atoms with E-state index < -0.39 is 19.7 Å². The molecular weight excluding hydrogens is 518 g/mol. The van der Waals surface area contributed by atoms with Gasteiger partial charge in [-0.05, 0) is 73.2 Å². The first-order chi connectivity index (χ1) is 23.1. The van der Waals surface area contributed by atoms with Crippen LogP contribution in [0.4, 0.5) is 17.1 Å². The summed E-state index contributed by atoms with van der Waals surface area (Å²) >= 11 is 0. The smallest absolute Gasteiger partial charge is 0.221 e. The molecule has 3 aromatic carbocycles. The molecule has 0 atom stereocenters. The Balaban J connectivity index is 1.27. The Morgan fingerprint density at radius 2 is 1.57 bits per heavy atom. The summed E-state index contributed by atoms with van der Waals surface area (Å²) in [5.41, 5.74) is 4.54. The van der Waals surface area contributed by atoms with E-state index in [1.54, 1.807) is 47.5 Å². The highest BCUT2D eigenvalue weighted by atomic mass is 16.5. The van der Waals surface area contributed by atoms with Gasteiger partial charge in [0.15, 0.2) is 0 Å². The van der Waals surface area contributed by atoms with Crippen molar-refractivity contribution in [1.29, 1.82) is 0 Å². The second-order valence-electron chi connectivity index (χ2n) is 11.5. The molecule has 42 heavy (non-hydrogen) atoms. The molecule has 0 radical (unpaired) electrons. The number of aromatic nitrogens is 3.